The summed E-state index contributed by atoms with van der Waals surface area (Å²) in [6, 6.07) is 9.93. The number of nitrogens with zero attached hydrogens (tertiary/aromatic N) is 6. The molecule has 1 aromatic carbocycles. The molecule has 0 aliphatic heterocycles. The standard InChI is InChI=1S/C13H10N6S/c1-8-3-5-10(6-4-8)12-11(7-14)16-18-19(12)13-17-15-9(2)20-13/h3-6H,1-2H3. The van der Waals surface area contributed by atoms with Gasteiger partial charge in [0.25, 0.3) is 0 Å². The summed E-state index contributed by atoms with van der Waals surface area (Å²) in [5, 5.41) is 26.6. The summed E-state index contributed by atoms with van der Waals surface area (Å²) in [5.74, 6) is 0. The van der Waals surface area contributed by atoms with E-state index in [9.17, 15) is 5.26 Å². The molecule has 20 heavy (non-hydrogen) atoms. The first-order chi connectivity index (χ1) is 9.69. The summed E-state index contributed by atoms with van der Waals surface area (Å²) in [6.45, 7) is 3.88. The van der Waals surface area contributed by atoms with Crippen LogP contribution in [0.5, 0.6) is 0 Å². The second-order valence-electron chi connectivity index (χ2n) is 4.28. The van der Waals surface area contributed by atoms with Gasteiger partial charge >= 0.3 is 0 Å². The van der Waals surface area contributed by atoms with Gasteiger partial charge in [-0.15, -0.1) is 15.3 Å². The second kappa shape index (κ2) is 4.83. The molecule has 3 rings (SSSR count). The molecule has 0 unspecified atom stereocenters. The molecule has 2 heterocycles. The van der Waals surface area contributed by atoms with Gasteiger partial charge in [0.2, 0.25) is 5.13 Å². The Labute approximate surface area is 119 Å². The highest BCUT2D eigenvalue weighted by molar-refractivity contribution is 7.13. The Morgan fingerprint density at radius 2 is 1.85 bits per heavy atom. The molecule has 0 spiro atoms. The van der Waals surface area contributed by atoms with Crippen LogP contribution in [0.4, 0.5) is 0 Å². The topological polar surface area (TPSA) is 80.3 Å². The average Bonchev–Trinajstić information content (AvgIpc) is 3.05. The molecule has 0 aliphatic rings. The van der Waals surface area contributed by atoms with Gasteiger partial charge in [-0.1, -0.05) is 46.4 Å². The normalized spacial score (nSPS) is 10.4. The zero-order valence-electron chi connectivity index (χ0n) is 10.9. The molecule has 2 aromatic heterocycles. The maximum Gasteiger partial charge on any atom is 0.234 e. The smallest absolute Gasteiger partial charge is 0.191 e. The first kappa shape index (κ1) is 12.4. The minimum atomic E-state index is 0.279. The van der Waals surface area contributed by atoms with Gasteiger partial charge in [0.15, 0.2) is 5.69 Å². The van der Waals surface area contributed by atoms with Crippen LogP contribution in [-0.4, -0.2) is 25.2 Å². The van der Waals surface area contributed by atoms with Crippen molar-refractivity contribution < 1.29 is 0 Å². The monoisotopic (exact) mass is 282 g/mol. The summed E-state index contributed by atoms with van der Waals surface area (Å²) in [4.78, 5) is 0. The fourth-order valence-electron chi connectivity index (χ4n) is 1.83. The number of hydrogen-bond donors (Lipinski definition) is 0. The van der Waals surface area contributed by atoms with Crippen LogP contribution in [0.25, 0.3) is 16.4 Å². The van der Waals surface area contributed by atoms with Gasteiger partial charge in [-0.05, 0) is 13.8 Å². The lowest BCUT2D eigenvalue weighted by molar-refractivity contribution is 0.787. The molecule has 0 amide bonds. The van der Waals surface area contributed by atoms with Gasteiger partial charge in [0, 0.05) is 5.56 Å². The number of hydrogen-bond acceptors (Lipinski definition) is 6. The van der Waals surface area contributed by atoms with Gasteiger partial charge in [-0.2, -0.15) is 9.94 Å². The Morgan fingerprint density at radius 1 is 1.10 bits per heavy atom. The van der Waals surface area contributed by atoms with Gasteiger partial charge in [-0.25, -0.2) is 0 Å². The first-order valence-corrected chi connectivity index (χ1v) is 6.74. The highest BCUT2D eigenvalue weighted by Crippen LogP contribution is 2.26. The zero-order chi connectivity index (χ0) is 14.1. The van der Waals surface area contributed by atoms with Crippen molar-refractivity contribution in [1.29, 1.82) is 5.26 Å². The summed E-state index contributed by atoms with van der Waals surface area (Å²) >= 11 is 1.41. The number of aryl methyl sites for hydroxylation is 2. The van der Waals surface area contributed by atoms with Crippen LogP contribution >= 0.6 is 11.3 Å². The summed E-state index contributed by atoms with van der Waals surface area (Å²) < 4.78 is 1.56. The van der Waals surface area contributed by atoms with Crippen molar-refractivity contribution in [1.82, 2.24) is 25.2 Å². The van der Waals surface area contributed by atoms with Crippen molar-refractivity contribution in [3.05, 3.63) is 40.5 Å². The van der Waals surface area contributed by atoms with Gasteiger partial charge in [0.05, 0.1) is 0 Å². The largest absolute Gasteiger partial charge is 0.234 e. The zero-order valence-corrected chi connectivity index (χ0v) is 11.7. The lowest BCUT2D eigenvalue weighted by Gasteiger charge is -2.03. The molecule has 0 aliphatic carbocycles. The molecule has 0 bridgehead atoms. The number of benzene rings is 1. The molecule has 6 nitrogen and oxygen atoms in total. The van der Waals surface area contributed by atoms with Crippen molar-refractivity contribution in [2.45, 2.75) is 13.8 Å². The van der Waals surface area contributed by atoms with Crippen molar-refractivity contribution in [3.63, 3.8) is 0 Å². The van der Waals surface area contributed by atoms with E-state index in [4.69, 9.17) is 0 Å². The maximum atomic E-state index is 9.20. The highest BCUT2D eigenvalue weighted by Gasteiger charge is 2.18. The fourth-order valence-corrected chi connectivity index (χ4v) is 2.47. The lowest BCUT2D eigenvalue weighted by atomic mass is 10.1. The van der Waals surface area contributed by atoms with Gasteiger partial charge in [-0.3, -0.25) is 0 Å². The summed E-state index contributed by atoms with van der Waals surface area (Å²) in [7, 11) is 0. The molecule has 0 atom stereocenters. The van der Waals surface area contributed by atoms with E-state index < -0.39 is 0 Å². The van der Waals surface area contributed by atoms with E-state index in [0.29, 0.717) is 10.8 Å². The number of nitriles is 1. The minimum absolute atomic E-state index is 0.279. The van der Waals surface area contributed by atoms with Crippen LogP contribution in [0, 0.1) is 25.2 Å². The van der Waals surface area contributed by atoms with Crippen molar-refractivity contribution in [2.24, 2.45) is 0 Å². The second-order valence-corrected chi connectivity index (χ2v) is 5.44. The molecule has 0 radical (unpaired) electrons. The molecule has 0 N–H and O–H groups in total. The molecular formula is C13H10N6S. The van der Waals surface area contributed by atoms with E-state index in [1.54, 1.807) is 4.68 Å². The van der Waals surface area contributed by atoms with E-state index in [2.05, 4.69) is 26.6 Å². The van der Waals surface area contributed by atoms with Crippen LogP contribution in [0.1, 0.15) is 16.3 Å². The Balaban J connectivity index is 2.21. The van der Waals surface area contributed by atoms with E-state index in [0.717, 1.165) is 16.1 Å². The van der Waals surface area contributed by atoms with Crippen LogP contribution in [0.2, 0.25) is 0 Å². The van der Waals surface area contributed by atoms with Crippen molar-refractivity contribution in [3.8, 4) is 22.5 Å². The molecular weight excluding hydrogens is 272 g/mol. The van der Waals surface area contributed by atoms with Crippen LogP contribution in [-0.2, 0) is 0 Å². The Morgan fingerprint density at radius 3 is 2.45 bits per heavy atom. The Bertz CT molecular complexity index is 793. The van der Waals surface area contributed by atoms with Crippen molar-refractivity contribution in [2.75, 3.05) is 0 Å². The Hall–Kier alpha value is -2.59. The predicted octanol–water partition coefficient (Wildman–Crippen LogP) is 2.27. The van der Waals surface area contributed by atoms with E-state index in [1.807, 2.05) is 38.1 Å². The fraction of sp³-hybridized carbons (Fsp3) is 0.154. The Kier molecular flexibility index (Phi) is 3.00. The third-order valence-electron chi connectivity index (χ3n) is 2.80. The predicted molar refractivity (Wildman–Crippen MR) is 74.5 cm³/mol. The molecule has 0 saturated carbocycles. The third-order valence-corrected chi connectivity index (χ3v) is 3.61. The molecule has 3 aromatic rings. The molecule has 0 fully saturated rings. The van der Waals surface area contributed by atoms with Gasteiger partial charge in [0.1, 0.15) is 16.8 Å². The summed E-state index contributed by atoms with van der Waals surface area (Å²) in [6.07, 6.45) is 0. The number of rotatable bonds is 2. The maximum absolute atomic E-state index is 9.20. The highest BCUT2D eigenvalue weighted by atomic mass is 32.1. The van der Waals surface area contributed by atoms with E-state index in [1.165, 1.54) is 11.3 Å². The third kappa shape index (κ3) is 2.06. The quantitative estimate of drug-likeness (QED) is 0.720. The minimum Gasteiger partial charge on any atom is -0.191 e. The van der Waals surface area contributed by atoms with E-state index in [-0.39, 0.29) is 5.69 Å². The molecule has 0 saturated heterocycles. The van der Waals surface area contributed by atoms with Crippen molar-refractivity contribution >= 4 is 11.3 Å². The van der Waals surface area contributed by atoms with Crippen LogP contribution in [0.15, 0.2) is 24.3 Å². The SMILES string of the molecule is Cc1ccc(-c2c(C#N)nnn2-c2nnc(C)s2)cc1. The van der Waals surface area contributed by atoms with E-state index >= 15 is 0 Å². The lowest BCUT2D eigenvalue weighted by Crippen LogP contribution is -1.99. The number of aromatic nitrogens is 5. The molecule has 7 heteroatoms. The van der Waals surface area contributed by atoms with Gasteiger partial charge < -0.3 is 0 Å². The first-order valence-electron chi connectivity index (χ1n) is 5.92. The average molecular weight is 282 g/mol. The van der Waals surface area contributed by atoms with Crippen LogP contribution in [0.3, 0.4) is 0 Å². The summed E-state index contributed by atoms with van der Waals surface area (Å²) in [5.41, 5.74) is 2.95. The van der Waals surface area contributed by atoms with Crippen LogP contribution < -0.4 is 0 Å². The molecule has 98 valence electrons.